The zero-order valence-electron chi connectivity index (χ0n) is 10.5. The lowest BCUT2D eigenvalue weighted by atomic mass is 10.4. The highest BCUT2D eigenvalue weighted by atomic mass is 32.2. The highest BCUT2D eigenvalue weighted by Gasteiger charge is 2.14. The molecule has 0 aliphatic rings. The van der Waals surface area contributed by atoms with Crippen LogP contribution in [-0.2, 0) is 0 Å². The number of nitrogens with two attached hydrogens (primary N) is 1. The maximum Gasteiger partial charge on any atom is 0.275 e. The van der Waals surface area contributed by atoms with Crippen LogP contribution in [0.2, 0.25) is 0 Å². The predicted octanol–water partition coefficient (Wildman–Crippen LogP) is 1.47. The molecule has 3 rings (SSSR count). The molecule has 9 nitrogen and oxygen atoms in total. The van der Waals surface area contributed by atoms with E-state index >= 15 is 0 Å². The van der Waals surface area contributed by atoms with E-state index in [1.807, 2.05) is 18.2 Å². The molecule has 0 amide bonds. The van der Waals surface area contributed by atoms with Crippen molar-refractivity contribution in [2.75, 3.05) is 5.43 Å². The molecule has 0 radical (unpaired) electrons. The molecule has 3 aromatic rings. The van der Waals surface area contributed by atoms with Gasteiger partial charge in [-0.05, 0) is 23.9 Å². The Labute approximate surface area is 122 Å². The Morgan fingerprint density at radius 1 is 1.33 bits per heavy atom. The maximum absolute atomic E-state index is 10.9. The minimum Gasteiger partial charge on any atom is -0.308 e. The molecule has 0 aliphatic carbocycles. The van der Waals surface area contributed by atoms with Gasteiger partial charge in [0.15, 0.2) is 5.65 Å². The van der Waals surface area contributed by atoms with Crippen molar-refractivity contribution < 1.29 is 4.92 Å². The topological polar surface area (TPSA) is 124 Å². The highest BCUT2D eigenvalue weighted by molar-refractivity contribution is 7.99. The fraction of sp³-hybridized carbons (Fsp3) is 0. The second-order valence-corrected chi connectivity index (χ2v) is 4.95. The van der Waals surface area contributed by atoms with Gasteiger partial charge in [0.05, 0.1) is 11.0 Å². The summed E-state index contributed by atoms with van der Waals surface area (Å²) >= 11 is 1.16. The van der Waals surface area contributed by atoms with Crippen molar-refractivity contribution in [3.8, 4) is 0 Å². The predicted molar refractivity (Wildman–Crippen MR) is 75.8 cm³/mol. The van der Waals surface area contributed by atoms with Gasteiger partial charge in [-0.25, -0.2) is 10.8 Å². The molecule has 0 saturated heterocycles. The third-order valence-corrected chi connectivity index (χ3v) is 3.50. The fourth-order valence-corrected chi connectivity index (χ4v) is 2.55. The second-order valence-electron chi connectivity index (χ2n) is 3.96. The van der Waals surface area contributed by atoms with Crippen LogP contribution in [-0.4, -0.2) is 24.5 Å². The van der Waals surface area contributed by atoms with Crippen molar-refractivity contribution in [1.82, 2.24) is 19.6 Å². The van der Waals surface area contributed by atoms with Crippen LogP contribution in [0.1, 0.15) is 0 Å². The van der Waals surface area contributed by atoms with Crippen LogP contribution in [0.15, 0.2) is 46.7 Å². The van der Waals surface area contributed by atoms with Crippen molar-refractivity contribution in [3.05, 3.63) is 46.6 Å². The lowest BCUT2D eigenvalue weighted by Gasteiger charge is -2.03. The van der Waals surface area contributed by atoms with Gasteiger partial charge in [0, 0.05) is 12.3 Å². The molecule has 3 heterocycles. The number of nitrogens with one attached hydrogen (secondary N) is 1. The molecule has 10 heteroatoms. The lowest BCUT2D eigenvalue weighted by molar-refractivity contribution is -0.385. The Morgan fingerprint density at radius 2 is 2.19 bits per heavy atom. The molecule has 0 atom stereocenters. The van der Waals surface area contributed by atoms with E-state index in [4.69, 9.17) is 5.84 Å². The summed E-state index contributed by atoms with van der Waals surface area (Å²) in [6.07, 6.45) is 1.80. The van der Waals surface area contributed by atoms with Crippen LogP contribution in [0, 0.1) is 10.1 Å². The van der Waals surface area contributed by atoms with E-state index in [2.05, 4.69) is 20.6 Å². The van der Waals surface area contributed by atoms with Gasteiger partial charge in [0.25, 0.3) is 5.69 Å². The molecular formula is C11H9N7O2S. The van der Waals surface area contributed by atoms with E-state index in [1.54, 1.807) is 10.6 Å². The fourth-order valence-electron chi connectivity index (χ4n) is 1.71. The van der Waals surface area contributed by atoms with Crippen molar-refractivity contribution in [1.29, 1.82) is 0 Å². The molecule has 21 heavy (non-hydrogen) atoms. The number of rotatable bonds is 4. The number of nitro groups is 1. The van der Waals surface area contributed by atoms with E-state index in [1.165, 1.54) is 12.1 Å². The van der Waals surface area contributed by atoms with E-state index in [0.29, 0.717) is 15.8 Å². The van der Waals surface area contributed by atoms with Crippen LogP contribution >= 0.6 is 11.8 Å². The van der Waals surface area contributed by atoms with E-state index < -0.39 is 4.92 Å². The molecule has 0 saturated carbocycles. The van der Waals surface area contributed by atoms with Crippen LogP contribution < -0.4 is 11.3 Å². The van der Waals surface area contributed by atoms with Gasteiger partial charge < -0.3 is 5.43 Å². The van der Waals surface area contributed by atoms with Gasteiger partial charge in [-0.2, -0.15) is 0 Å². The number of anilines is 1. The third kappa shape index (κ3) is 2.61. The third-order valence-electron chi connectivity index (χ3n) is 2.62. The summed E-state index contributed by atoms with van der Waals surface area (Å²) < 4.78 is 1.76. The summed E-state index contributed by atoms with van der Waals surface area (Å²) in [5.41, 5.74) is 2.89. The molecule has 0 fully saturated rings. The molecule has 0 aromatic carbocycles. The Bertz CT molecular complexity index is 819. The number of nitrogen functional groups attached to an aromatic ring is 1. The standard InChI is InChI=1S/C11H9N7O2S/c12-14-8-5-7(18(19)20)6-10(13-8)21-11-16-15-9-3-1-2-4-17(9)11/h1-6H,12H2,(H,13,14). The van der Waals surface area contributed by atoms with E-state index in [-0.39, 0.29) is 11.5 Å². The van der Waals surface area contributed by atoms with Gasteiger partial charge in [-0.15, -0.1) is 10.2 Å². The summed E-state index contributed by atoms with van der Waals surface area (Å²) in [5.74, 6) is 5.48. The lowest BCUT2D eigenvalue weighted by Crippen LogP contribution is -2.09. The molecular weight excluding hydrogens is 294 g/mol. The van der Waals surface area contributed by atoms with Crippen molar-refractivity contribution in [2.24, 2.45) is 5.84 Å². The first-order valence-electron chi connectivity index (χ1n) is 5.78. The van der Waals surface area contributed by atoms with Gasteiger partial charge in [-0.3, -0.25) is 14.5 Å². The Balaban J connectivity index is 2.01. The summed E-state index contributed by atoms with van der Waals surface area (Å²) in [7, 11) is 0. The monoisotopic (exact) mass is 303 g/mol. The van der Waals surface area contributed by atoms with Crippen LogP contribution in [0.4, 0.5) is 11.5 Å². The SMILES string of the molecule is NNc1cc([N+](=O)[O-])cc(Sc2nnc3ccccn23)n1. The van der Waals surface area contributed by atoms with Crippen molar-refractivity contribution in [3.63, 3.8) is 0 Å². The smallest absolute Gasteiger partial charge is 0.275 e. The van der Waals surface area contributed by atoms with Crippen LogP contribution in [0.3, 0.4) is 0 Å². The first-order valence-corrected chi connectivity index (χ1v) is 6.60. The average molecular weight is 303 g/mol. The van der Waals surface area contributed by atoms with Crippen LogP contribution in [0.25, 0.3) is 5.65 Å². The van der Waals surface area contributed by atoms with Gasteiger partial charge in [0.1, 0.15) is 10.8 Å². The van der Waals surface area contributed by atoms with Gasteiger partial charge >= 0.3 is 0 Å². The number of pyridine rings is 2. The highest BCUT2D eigenvalue weighted by Crippen LogP contribution is 2.29. The molecule has 0 bridgehead atoms. The zero-order valence-corrected chi connectivity index (χ0v) is 11.3. The Hall–Kier alpha value is -2.72. The number of fused-ring (bicyclic) bond motifs is 1. The van der Waals surface area contributed by atoms with Crippen molar-refractivity contribution in [2.45, 2.75) is 10.2 Å². The minimum atomic E-state index is -0.505. The molecule has 106 valence electrons. The average Bonchev–Trinajstić information content (AvgIpc) is 2.90. The normalized spacial score (nSPS) is 10.7. The minimum absolute atomic E-state index is 0.103. The number of hydrogen-bond acceptors (Lipinski definition) is 8. The Morgan fingerprint density at radius 3 is 2.95 bits per heavy atom. The first-order chi connectivity index (χ1) is 10.2. The first kappa shape index (κ1) is 13.3. The number of aromatic nitrogens is 4. The number of hydrogen-bond donors (Lipinski definition) is 2. The number of nitrogens with zero attached hydrogens (tertiary/aromatic N) is 5. The second kappa shape index (κ2) is 5.34. The molecule has 3 N–H and O–H groups in total. The largest absolute Gasteiger partial charge is 0.308 e. The van der Waals surface area contributed by atoms with Gasteiger partial charge in [0.2, 0.25) is 5.16 Å². The summed E-state index contributed by atoms with van der Waals surface area (Å²) in [6, 6.07) is 8.11. The molecule has 0 aliphatic heterocycles. The van der Waals surface area contributed by atoms with Gasteiger partial charge in [-0.1, -0.05) is 6.07 Å². The molecule has 0 unspecified atom stereocenters. The molecule has 0 spiro atoms. The van der Waals surface area contributed by atoms with Crippen LogP contribution in [0.5, 0.6) is 0 Å². The quantitative estimate of drug-likeness (QED) is 0.422. The summed E-state index contributed by atoms with van der Waals surface area (Å²) in [4.78, 5) is 14.6. The number of hydrazine groups is 1. The summed E-state index contributed by atoms with van der Waals surface area (Å²) in [6.45, 7) is 0. The molecule has 3 aromatic heterocycles. The van der Waals surface area contributed by atoms with E-state index in [9.17, 15) is 10.1 Å². The van der Waals surface area contributed by atoms with E-state index in [0.717, 1.165) is 11.8 Å². The summed E-state index contributed by atoms with van der Waals surface area (Å²) in [5, 5.41) is 19.9. The zero-order chi connectivity index (χ0) is 14.8. The Kier molecular flexibility index (Phi) is 3.38. The van der Waals surface area contributed by atoms with Crippen molar-refractivity contribution >= 4 is 28.9 Å². The maximum atomic E-state index is 10.9.